The van der Waals surface area contributed by atoms with Crippen molar-refractivity contribution >= 4 is 17.3 Å². The van der Waals surface area contributed by atoms with Crippen LogP contribution in [0.5, 0.6) is 0 Å². The number of imidazole rings is 1. The molecule has 2 heterocycles. The molecule has 2 aromatic rings. The van der Waals surface area contributed by atoms with Crippen LogP contribution in [-0.2, 0) is 6.54 Å². The summed E-state index contributed by atoms with van der Waals surface area (Å²) < 4.78 is 2.00. The number of nitrogens with zero attached hydrogens (tertiary/aromatic N) is 4. The van der Waals surface area contributed by atoms with Crippen molar-refractivity contribution in [3.05, 3.63) is 41.0 Å². The first-order valence-electron chi connectivity index (χ1n) is 6.52. The molecule has 0 amide bonds. The number of nitrogen functional groups attached to an aromatic ring is 1. The predicted octanol–water partition coefficient (Wildman–Crippen LogP) is 1.36. The lowest BCUT2D eigenvalue weighted by Gasteiger charge is -2.07. The Hall–Kier alpha value is -2.68. The number of hydrogen-bond acceptors (Lipinski definition) is 7. The number of nitrogens with two attached hydrogens (primary N) is 1. The SMILES string of the molecule is NNc1cc([N+](=O)[O-])cc(NCCCCn2ccnc2)n1. The summed E-state index contributed by atoms with van der Waals surface area (Å²) in [6.45, 7) is 1.56. The maximum absolute atomic E-state index is 10.8. The fraction of sp³-hybridized carbons (Fsp3) is 0.333. The third-order valence-electron chi connectivity index (χ3n) is 2.88. The van der Waals surface area contributed by atoms with Gasteiger partial charge < -0.3 is 15.3 Å². The second-order valence-corrected chi connectivity index (χ2v) is 4.43. The standard InChI is InChI=1S/C12H17N7O2/c13-17-12-8-10(19(20)21)7-11(16-12)15-3-1-2-5-18-6-4-14-9-18/h4,6-9H,1-3,5,13H2,(H2,15,16,17). The summed E-state index contributed by atoms with van der Waals surface area (Å²) >= 11 is 0. The highest BCUT2D eigenvalue weighted by molar-refractivity contribution is 5.54. The van der Waals surface area contributed by atoms with Crippen LogP contribution in [0.1, 0.15) is 12.8 Å². The van der Waals surface area contributed by atoms with Crippen LogP contribution in [0.3, 0.4) is 0 Å². The van der Waals surface area contributed by atoms with Crippen molar-refractivity contribution in [2.24, 2.45) is 5.84 Å². The molecule has 0 fully saturated rings. The molecule has 0 saturated heterocycles. The van der Waals surface area contributed by atoms with Gasteiger partial charge in [0.2, 0.25) is 0 Å². The van der Waals surface area contributed by atoms with E-state index in [0.29, 0.717) is 12.4 Å². The van der Waals surface area contributed by atoms with E-state index in [-0.39, 0.29) is 11.5 Å². The van der Waals surface area contributed by atoms with E-state index in [1.165, 1.54) is 12.1 Å². The van der Waals surface area contributed by atoms with Crippen LogP contribution in [0.4, 0.5) is 17.3 Å². The van der Waals surface area contributed by atoms with E-state index in [4.69, 9.17) is 5.84 Å². The van der Waals surface area contributed by atoms with E-state index >= 15 is 0 Å². The number of rotatable bonds is 8. The average molecular weight is 291 g/mol. The van der Waals surface area contributed by atoms with Gasteiger partial charge in [-0.15, -0.1) is 0 Å². The summed E-state index contributed by atoms with van der Waals surface area (Å²) in [5.41, 5.74) is 2.26. The molecule has 9 nitrogen and oxygen atoms in total. The Balaban J connectivity index is 1.82. The highest BCUT2D eigenvalue weighted by Gasteiger charge is 2.10. The van der Waals surface area contributed by atoms with Crippen molar-refractivity contribution in [2.45, 2.75) is 19.4 Å². The van der Waals surface area contributed by atoms with E-state index in [1.54, 1.807) is 12.5 Å². The molecular formula is C12H17N7O2. The molecule has 0 saturated carbocycles. The van der Waals surface area contributed by atoms with Gasteiger partial charge in [0.25, 0.3) is 5.69 Å². The minimum atomic E-state index is -0.479. The first-order valence-corrected chi connectivity index (χ1v) is 6.52. The molecule has 21 heavy (non-hydrogen) atoms. The van der Waals surface area contributed by atoms with Gasteiger partial charge in [0.05, 0.1) is 23.4 Å². The molecule has 0 aromatic carbocycles. The van der Waals surface area contributed by atoms with Crippen molar-refractivity contribution < 1.29 is 4.92 Å². The van der Waals surface area contributed by atoms with Crippen LogP contribution in [0.25, 0.3) is 0 Å². The number of hydrogen-bond donors (Lipinski definition) is 3. The van der Waals surface area contributed by atoms with Crippen LogP contribution in [0.15, 0.2) is 30.9 Å². The Kier molecular flexibility index (Phi) is 5.04. The molecule has 0 bridgehead atoms. The van der Waals surface area contributed by atoms with Gasteiger partial charge in [0.15, 0.2) is 0 Å². The number of aryl methyl sites for hydroxylation is 1. The normalized spacial score (nSPS) is 10.3. The Bertz CT molecular complexity index is 585. The van der Waals surface area contributed by atoms with Crippen LogP contribution in [-0.4, -0.2) is 26.0 Å². The number of pyridine rings is 1. The third kappa shape index (κ3) is 4.42. The smallest absolute Gasteiger partial charge is 0.276 e. The van der Waals surface area contributed by atoms with Gasteiger partial charge in [0, 0.05) is 25.5 Å². The zero-order chi connectivity index (χ0) is 15.1. The molecular weight excluding hydrogens is 274 g/mol. The molecule has 2 rings (SSSR count). The Morgan fingerprint density at radius 2 is 2.14 bits per heavy atom. The predicted molar refractivity (Wildman–Crippen MR) is 78.7 cm³/mol. The van der Waals surface area contributed by atoms with Gasteiger partial charge in [-0.2, -0.15) is 0 Å². The van der Waals surface area contributed by atoms with E-state index in [2.05, 4.69) is 20.7 Å². The fourth-order valence-corrected chi connectivity index (χ4v) is 1.84. The number of unbranched alkanes of at least 4 members (excludes halogenated alkanes) is 1. The van der Waals surface area contributed by atoms with E-state index < -0.39 is 4.92 Å². The van der Waals surface area contributed by atoms with Gasteiger partial charge in [-0.3, -0.25) is 10.1 Å². The molecule has 0 radical (unpaired) electrons. The van der Waals surface area contributed by atoms with Crippen molar-refractivity contribution in [3.8, 4) is 0 Å². The number of anilines is 2. The van der Waals surface area contributed by atoms with Gasteiger partial charge in [-0.25, -0.2) is 15.8 Å². The number of aromatic nitrogens is 3. The van der Waals surface area contributed by atoms with Crippen LogP contribution >= 0.6 is 0 Å². The molecule has 4 N–H and O–H groups in total. The number of nitro groups is 1. The lowest BCUT2D eigenvalue weighted by molar-refractivity contribution is -0.384. The summed E-state index contributed by atoms with van der Waals surface area (Å²) in [7, 11) is 0. The molecule has 0 aliphatic carbocycles. The first-order chi connectivity index (χ1) is 10.2. The Labute approximate surface area is 121 Å². The highest BCUT2D eigenvalue weighted by atomic mass is 16.6. The molecule has 112 valence electrons. The van der Waals surface area contributed by atoms with E-state index in [0.717, 1.165) is 19.4 Å². The average Bonchev–Trinajstić information content (AvgIpc) is 2.99. The fourth-order valence-electron chi connectivity index (χ4n) is 1.84. The molecule has 0 aliphatic rings. The quantitative estimate of drug-likeness (QED) is 0.290. The summed E-state index contributed by atoms with van der Waals surface area (Å²) in [5, 5.41) is 13.9. The first kappa shape index (κ1) is 14.7. The number of hydrazine groups is 1. The minimum Gasteiger partial charge on any atom is -0.370 e. The van der Waals surface area contributed by atoms with Crippen LogP contribution in [0.2, 0.25) is 0 Å². The van der Waals surface area contributed by atoms with Crippen molar-refractivity contribution in [2.75, 3.05) is 17.3 Å². The van der Waals surface area contributed by atoms with Gasteiger partial charge in [-0.1, -0.05) is 0 Å². The van der Waals surface area contributed by atoms with Gasteiger partial charge in [-0.05, 0) is 12.8 Å². The maximum atomic E-state index is 10.8. The lowest BCUT2D eigenvalue weighted by atomic mass is 10.3. The van der Waals surface area contributed by atoms with E-state index in [9.17, 15) is 10.1 Å². The number of nitrogens with one attached hydrogen (secondary N) is 2. The van der Waals surface area contributed by atoms with Crippen molar-refractivity contribution in [1.29, 1.82) is 0 Å². The third-order valence-corrected chi connectivity index (χ3v) is 2.88. The molecule has 0 unspecified atom stereocenters. The van der Waals surface area contributed by atoms with E-state index in [1.807, 2.05) is 10.8 Å². The topological polar surface area (TPSA) is 124 Å². The molecule has 0 aliphatic heterocycles. The summed E-state index contributed by atoms with van der Waals surface area (Å²) in [5.74, 6) is 5.93. The monoisotopic (exact) mass is 291 g/mol. The molecule has 9 heteroatoms. The minimum absolute atomic E-state index is 0.0566. The molecule has 2 aromatic heterocycles. The largest absolute Gasteiger partial charge is 0.370 e. The highest BCUT2D eigenvalue weighted by Crippen LogP contribution is 2.19. The van der Waals surface area contributed by atoms with Crippen molar-refractivity contribution in [3.63, 3.8) is 0 Å². The summed E-state index contributed by atoms with van der Waals surface area (Å²) in [6, 6.07) is 2.67. The Morgan fingerprint density at radius 1 is 1.33 bits per heavy atom. The van der Waals surface area contributed by atoms with Crippen LogP contribution < -0.4 is 16.6 Å². The second kappa shape index (κ2) is 7.20. The van der Waals surface area contributed by atoms with Crippen molar-refractivity contribution in [1.82, 2.24) is 14.5 Å². The zero-order valence-corrected chi connectivity index (χ0v) is 11.4. The second-order valence-electron chi connectivity index (χ2n) is 4.43. The summed E-state index contributed by atoms with van der Waals surface area (Å²) in [6.07, 6.45) is 7.31. The zero-order valence-electron chi connectivity index (χ0n) is 11.4. The van der Waals surface area contributed by atoms with Gasteiger partial charge >= 0.3 is 0 Å². The van der Waals surface area contributed by atoms with Gasteiger partial charge in [0.1, 0.15) is 11.6 Å². The Morgan fingerprint density at radius 3 is 2.81 bits per heavy atom. The lowest BCUT2D eigenvalue weighted by Crippen LogP contribution is -2.11. The molecule has 0 spiro atoms. The maximum Gasteiger partial charge on any atom is 0.276 e. The molecule has 0 atom stereocenters. The van der Waals surface area contributed by atoms with Crippen LogP contribution in [0, 0.1) is 10.1 Å². The summed E-state index contributed by atoms with van der Waals surface area (Å²) in [4.78, 5) is 18.4.